The molecule has 0 bridgehead atoms. The highest BCUT2D eigenvalue weighted by Crippen LogP contribution is 2.17. The summed E-state index contributed by atoms with van der Waals surface area (Å²) >= 11 is 0. The van der Waals surface area contributed by atoms with E-state index in [1.807, 2.05) is 18.2 Å². The second-order valence-corrected chi connectivity index (χ2v) is 5.58. The highest BCUT2D eigenvalue weighted by molar-refractivity contribution is 5.13. The van der Waals surface area contributed by atoms with E-state index in [1.54, 1.807) is 0 Å². The number of piperidine rings is 1. The van der Waals surface area contributed by atoms with Gasteiger partial charge in [-0.2, -0.15) is 4.98 Å². The zero-order valence-electron chi connectivity index (χ0n) is 12.6. The lowest BCUT2D eigenvalue weighted by molar-refractivity contribution is -0.00446. The van der Waals surface area contributed by atoms with Crippen LogP contribution in [0.2, 0.25) is 0 Å². The van der Waals surface area contributed by atoms with Crippen molar-refractivity contribution in [2.45, 2.75) is 38.6 Å². The van der Waals surface area contributed by atoms with E-state index in [0.29, 0.717) is 31.0 Å². The number of rotatable bonds is 6. The molecule has 118 valence electrons. The summed E-state index contributed by atoms with van der Waals surface area (Å²) in [6.45, 7) is 3.69. The Labute approximate surface area is 130 Å². The fourth-order valence-corrected chi connectivity index (χ4v) is 2.66. The zero-order chi connectivity index (χ0) is 15.2. The van der Waals surface area contributed by atoms with Gasteiger partial charge < -0.3 is 15.0 Å². The third-order valence-corrected chi connectivity index (χ3v) is 3.91. The van der Waals surface area contributed by atoms with Crippen LogP contribution in [0, 0.1) is 0 Å². The van der Waals surface area contributed by atoms with E-state index in [9.17, 15) is 0 Å². The molecule has 0 atom stereocenters. The normalized spacial score (nSPS) is 17.0. The Kier molecular flexibility index (Phi) is 5.15. The van der Waals surface area contributed by atoms with Gasteiger partial charge in [0.05, 0.1) is 25.8 Å². The van der Waals surface area contributed by atoms with Gasteiger partial charge in [-0.15, -0.1) is 0 Å². The molecule has 1 aromatic heterocycles. The summed E-state index contributed by atoms with van der Waals surface area (Å²) in [5.41, 5.74) is 6.70. The minimum absolute atomic E-state index is 0.294. The number of nitrogens with two attached hydrogens (primary N) is 1. The fourth-order valence-electron chi connectivity index (χ4n) is 2.66. The summed E-state index contributed by atoms with van der Waals surface area (Å²) in [4.78, 5) is 6.57. The lowest BCUT2D eigenvalue weighted by Gasteiger charge is -2.31. The van der Waals surface area contributed by atoms with Crippen LogP contribution in [0.4, 0.5) is 0 Å². The smallest absolute Gasteiger partial charge is 0.240 e. The largest absolute Gasteiger partial charge is 0.373 e. The Morgan fingerprint density at radius 3 is 2.68 bits per heavy atom. The molecule has 0 aliphatic carbocycles. The van der Waals surface area contributed by atoms with Crippen LogP contribution in [-0.4, -0.2) is 34.2 Å². The van der Waals surface area contributed by atoms with Crippen molar-refractivity contribution in [2.75, 3.05) is 13.1 Å². The van der Waals surface area contributed by atoms with E-state index >= 15 is 0 Å². The van der Waals surface area contributed by atoms with Gasteiger partial charge in [0.1, 0.15) is 0 Å². The van der Waals surface area contributed by atoms with Crippen molar-refractivity contribution < 1.29 is 9.26 Å². The maximum absolute atomic E-state index is 6.00. The van der Waals surface area contributed by atoms with Crippen molar-refractivity contribution in [3.05, 3.63) is 47.6 Å². The molecule has 6 heteroatoms. The summed E-state index contributed by atoms with van der Waals surface area (Å²) in [5.74, 6) is 1.21. The van der Waals surface area contributed by atoms with Crippen LogP contribution in [0.1, 0.15) is 30.1 Å². The average molecular weight is 302 g/mol. The Morgan fingerprint density at radius 2 is 2.00 bits per heavy atom. The SMILES string of the molecule is NCc1nc(CN2CCC(OCc3ccccc3)CC2)no1. The minimum atomic E-state index is 0.294. The van der Waals surface area contributed by atoms with Gasteiger partial charge in [-0.3, -0.25) is 4.90 Å². The summed E-state index contributed by atoms with van der Waals surface area (Å²) in [6, 6.07) is 10.3. The first-order valence-electron chi connectivity index (χ1n) is 7.73. The molecule has 3 rings (SSSR count). The third kappa shape index (κ3) is 4.13. The first kappa shape index (κ1) is 15.1. The van der Waals surface area contributed by atoms with E-state index in [4.69, 9.17) is 15.0 Å². The summed E-state index contributed by atoms with van der Waals surface area (Å²) in [6.07, 6.45) is 2.41. The highest BCUT2D eigenvalue weighted by atomic mass is 16.5. The van der Waals surface area contributed by atoms with Gasteiger partial charge in [-0.1, -0.05) is 35.5 Å². The van der Waals surface area contributed by atoms with Gasteiger partial charge in [-0.25, -0.2) is 0 Å². The van der Waals surface area contributed by atoms with Gasteiger partial charge in [-0.05, 0) is 18.4 Å². The second-order valence-electron chi connectivity index (χ2n) is 5.58. The molecular formula is C16H22N4O2. The van der Waals surface area contributed by atoms with E-state index in [0.717, 1.165) is 32.5 Å². The fraction of sp³-hybridized carbons (Fsp3) is 0.500. The van der Waals surface area contributed by atoms with Crippen LogP contribution in [0.25, 0.3) is 0 Å². The van der Waals surface area contributed by atoms with E-state index in [-0.39, 0.29) is 0 Å². The summed E-state index contributed by atoms with van der Waals surface area (Å²) < 4.78 is 11.0. The van der Waals surface area contributed by atoms with Crippen molar-refractivity contribution in [3.63, 3.8) is 0 Å². The molecule has 0 amide bonds. The minimum Gasteiger partial charge on any atom is -0.373 e. The average Bonchev–Trinajstić information content (AvgIpc) is 3.03. The van der Waals surface area contributed by atoms with Crippen LogP contribution in [0.5, 0.6) is 0 Å². The molecule has 1 aromatic carbocycles. The Balaban J connectivity index is 1.40. The Bertz CT molecular complexity index is 565. The molecule has 22 heavy (non-hydrogen) atoms. The van der Waals surface area contributed by atoms with E-state index in [2.05, 4.69) is 27.2 Å². The molecule has 6 nitrogen and oxygen atoms in total. The van der Waals surface area contributed by atoms with Gasteiger partial charge in [0.25, 0.3) is 0 Å². The molecule has 0 radical (unpaired) electrons. The highest BCUT2D eigenvalue weighted by Gasteiger charge is 2.21. The van der Waals surface area contributed by atoms with Gasteiger partial charge in [0.15, 0.2) is 5.82 Å². The standard InChI is InChI=1S/C16H22N4O2/c17-10-16-18-15(19-22-16)11-20-8-6-14(7-9-20)21-12-13-4-2-1-3-5-13/h1-5,14H,6-12,17H2. The molecule has 2 N–H and O–H groups in total. The predicted octanol–water partition coefficient (Wildman–Crippen LogP) is 1.71. The summed E-state index contributed by atoms with van der Waals surface area (Å²) in [7, 11) is 0. The van der Waals surface area contributed by atoms with Gasteiger partial charge >= 0.3 is 0 Å². The Hall–Kier alpha value is -1.76. The van der Waals surface area contributed by atoms with Gasteiger partial charge in [0.2, 0.25) is 5.89 Å². The van der Waals surface area contributed by atoms with Crippen molar-refractivity contribution >= 4 is 0 Å². The molecule has 1 aliphatic heterocycles. The number of nitrogens with zero attached hydrogens (tertiary/aromatic N) is 3. The topological polar surface area (TPSA) is 77.4 Å². The van der Waals surface area contributed by atoms with Crippen LogP contribution in [-0.2, 0) is 24.4 Å². The van der Waals surface area contributed by atoms with Crippen molar-refractivity contribution in [1.29, 1.82) is 0 Å². The predicted molar refractivity (Wildman–Crippen MR) is 81.7 cm³/mol. The molecule has 1 saturated heterocycles. The number of benzene rings is 1. The molecule has 0 saturated carbocycles. The van der Waals surface area contributed by atoms with Crippen molar-refractivity contribution in [1.82, 2.24) is 15.0 Å². The number of hydrogen-bond donors (Lipinski definition) is 1. The van der Waals surface area contributed by atoms with Crippen LogP contribution < -0.4 is 5.73 Å². The number of ether oxygens (including phenoxy) is 1. The first-order valence-corrected chi connectivity index (χ1v) is 7.73. The van der Waals surface area contributed by atoms with Gasteiger partial charge in [0, 0.05) is 13.1 Å². The lowest BCUT2D eigenvalue weighted by atomic mass is 10.1. The molecule has 2 heterocycles. The van der Waals surface area contributed by atoms with Crippen LogP contribution in [0.15, 0.2) is 34.9 Å². The number of aromatic nitrogens is 2. The van der Waals surface area contributed by atoms with Crippen molar-refractivity contribution in [3.8, 4) is 0 Å². The molecule has 2 aromatic rings. The molecular weight excluding hydrogens is 280 g/mol. The number of hydrogen-bond acceptors (Lipinski definition) is 6. The Morgan fingerprint density at radius 1 is 1.23 bits per heavy atom. The second kappa shape index (κ2) is 7.49. The molecule has 1 fully saturated rings. The first-order chi connectivity index (χ1) is 10.8. The van der Waals surface area contributed by atoms with Crippen LogP contribution >= 0.6 is 0 Å². The quantitative estimate of drug-likeness (QED) is 0.875. The molecule has 0 unspecified atom stereocenters. The number of likely N-dealkylation sites (tertiary alicyclic amines) is 1. The van der Waals surface area contributed by atoms with E-state index < -0.39 is 0 Å². The monoisotopic (exact) mass is 302 g/mol. The maximum atomic E-state index is 6.00. The third-order valence-electron chi connectivity index (χ3n) is 3.91. The lowest BCUT2D eigenvalue weighted by Crippen LogP contribution is -2.36. The zero-order valence-corrected chi connectivity index (χ0v) is 12.6. The molecule has 0 spiro atoms. The van der Waals surface area contributed by atoms with Crippen LogP contribution in [0.3, 0.4) is 0 Å². The van der Waals surface area contributed by atoms with Crippen molar-refractivity contribution in [2.24, 2.45) is 5.73 Å². The van der Waals surface area contributed by atoms with E-state index in [1.165, 1.54) is 5.56 Å². The molecule has 1 aliphatic rings. The maximum Gasteiger partial charge on any atom is 0.240 e. The summed E-state index contributed by atoms with van der Waals surface area (Å²) in [5, 5.41) is 3.94.